The summed E-state index contributed by atoms with van der Waals surface area (Å²) in [4.78, 5) is 9.16. The van der Waals surface area contributed by atoms with Crippen LogP contribution in [0.4, 0.5) is 5.69 Å². The van der Waals surface area contributed by atoms with Crippen molar-refractivity contribution in [3.8, 4) is 0 Å². The fourth-order valence-corrected chi connectivity index (χ4v) is 3.76. The van der Waals surface area contributed by atoms with Crippen LogP contribution in [0, 0.1) is 0 Å². The van der Waals surface area contributed by atoms with Gasteiger partial charge in [-0.15, -0.1) is 0 Å². The van der Waals surface area contributed by atoms with E-state index in [0.29, 0.717) is 12.5 Å². The molecular formula is C22H33ClN6O. The number of piperazine rings is 1. The topological polar surface area (TPSA) is 68.9 Å². The number of nitrogens with one attached hydrogen (secondary N) is 2. The van der Waals surface area contributed by atoms with Crippen LogP contribution in [0.1, 0.15) is 37.6 Å². The molecule has 2 N–H and O–H groups in total. The van der Waals surface area contributed by atoms with Crippen LogP contribution in [0.5, 0.6) is 0 Å². The third kappa shape index (κ3) is 6.37. The number of aromatic nitrogens is 1. The maximum Gasteiger partial charge on any atom is 0.191 e. The minimum Gasteiger partial charge on any atom is -0.368 e. The largest absolute Gasteiger partial charge is 0.368 e. The van der Waals surface area contributed by atoms with Crippen molar-refractivity contribution in [2.45, 2.75) is 32.7 Å². The van der Waals surface area contributed by atoms with Crippen LogP contribution >= 0.6 is 11.6 Å². The highest BCUT2D eigenvalue weighted by atomic mass is 35.5. The summed E-state index contributed by atoms with van der Waals surface area (Å²) in [6, 6.07) is 10.1. The molecule has 0 aliphatic carbocycles. The quantitative estimate of drug-likeness (QED) is 0.379. The monoisotopic (exact) mass is 432 g/mol. The molecule has 0 unspecified atom stereocenters. The Balaban J connectivity index is 1.32. The van der Waals surface area contributed by atoms with E-state index in [0.717, 1.165) is 73.8 Å². The van der Waals surface area contributed by atoms with Gasteiger partial charge in [0.25, 0.3) is 0 Å². The highest BCUT2D eigenvalue weighted by Gasteiger charge is 2.18. The number of halogens is 1. The van der Waals surface area contributed by atoms with Crippen molar-refractivity contribution in [2.75, 3.05) is 51.2 Å². The second-order valence-corrected chi connectivity index (χ2v) is 8.27. The van der Waals surface area contributed by atoms with Gasteiger partial charge < -0.3 is 20.1 Å². The molecule has 1 aliphatic heterocycles. The van der Waals surface area contributed by atoms with E-state index in [1.54, 1.807) is 7.05 Å². The summed E-state index contributed by atoms with van der Waals surface area (Å²) in [5.41, 5.74) is 2.12. The minimum atomic E-state index is 0.367. The van der Waals surface area contributed by atoms with Crippen molar-refractivity contribution in [3.63, 3.8) is 0 Å². The van der Waals surface area contributed by atoms with Crippen molar-refractivity contribution in [1.82, 2.24) is 20.7 Å². The van der Waals surface area contributed by atoms with E-state index in [4.69, 9.17) is 16.1 Å². The van der Waals surface area contributed by atoms with E-state index in [-0.39, 0.29) is 0 Å². The molecule has 2 aromatic rings. The molecule has 2 heterocycles. The summed E-state index contributed by atoms with van der Waals surface area (Å²) in [5, 5.41) is 11.6. The lowest BCUT2D eigenvalue weighted by molar-refractivity contribution is 0.255. The van der Waals surface area contributed by atoms with Gasteiger partial charge in [0, 0.05) is 45.8 Å². The second kappa shape index (κ2) is 11.2. The van der Waals surface area contributed by atoms with E-state index < -0.39 is 0 Å². The first-order valence-corrected chi connectivity index (χ1v) is 11.1. The molecule has 30 heavy (non-hydrogen) atoms. The Hall–Kier alpha value is -2.25. The number of guanidine groups is 1. The third-order valence-electron chi connectivity index (χ3n) is 5.33. The molecule has 1 aromatic carbocycles. The summed E-state index contributed by atoms with van der Waals surface area (Å²) in [5.74, 6) is 1.96. The average molecular weight is 433 g/mol. The van der Waals surface area contributed by atoms with Crippen LogP contribution in [0.3, 0.4) is 0 Å². The van der Waals surface area contributed by atoms with Gasteiger partial charge >= 0.3 is 0 Å². The Kier molecular flexibility index (Phi) is 8.39. The number of hydrogen-bond acceptors (Lipinski definition) is 5. The molecule has 1 aromatic heterocycles. The predicted octanol–water partition coefficient (Wildman–Crippen LogP) is 3.33. The summed E-state index contributed by atoms with van der Waals surface area (Å²) >= 11 is 6.33. The molecular weight excluding hydrogens is 400 g/mol. The number of benzene rings is 1. The minimum absolute atomic E-state index is 0.367. The molecule has 1 aliphatic rings. The molecule has 8 heteroatoms. The van der Waals surface area contributed by atoms with Gasteiger partial charge in [0.1, 0.15) is 0 Å². The van der Waals surface area contributed by atoms with Crippen LogP contribution < -0.4 is 15.5 Å². The zero-order valence-corrected chi connectivity index (χ0v) is 19.0. The molecule has 0 atom stereocenters. The number of rotatable bonds is 8. The molecule has 3 rings (SSSR count). The Labute approximate surface area is 184 Å². The predicted molar refractivity (Wildman–Crippen MR) is 124 cm³/mol. The SMILES string of the molecule is CN=C(NCCCN1CCN(c2ccccc2Cl)CC1)NCc1cc(C(C)C)no1. The maximum atomic E-state index is 6.33. The highest BCUT2D eigenvalue weighted by molar-refractivity contribution is 6.33. The van der Waals surface area contributed by atoms with Gasteiger partial charge in [-0.25, -0.2) is 0 Å². The van der Waals surface area contributed by atoms with Gasteiger partial charge in [-0.3, -0.25) is 9.89 Å². The average Bonchev–Trinajstić information content (AvgIpc) is 3.24. The number of nitrogens with zero attached hydrogens (tertiary/aromatic N) is 4. The molecule has 7 nitrogen and oxygen atoms in total. The van der Waals surface area contributed by atoms with Crippen molar-refractivity contribution in [3.05, 3.63) is 46.8 Å². The first-order chi connectivity index (χ1) is 14.6. The van der Waals surface area contributed by atoms with Crippen LogP contribution in [0.25, 0.3) is 0 Å². The maximum absolute atomic E-state index is 6.33. The fourth-order valence-electron chi connectivity index (χ4n) is 3.51. The Bertz CT molecular complexity index is 813. The van der Waals surface area contributed by atoms with Gasteiger partial charge in [0.2, 0.25) is 0 Å². The Morgan fingerprint density at radius 1 is 1.20 bits per heavy atom. The van der Waals surface area contributed by atoms with Crippen molar-refractivity contribution < 1.29 is 4.52 Å². The zero-order chi connectivity index (χ0) is 21.3. The summed E-state index contributed by atoms with van der Waals surface area (Å²) < 4.78 is 5.36. The summed E-state index contributed by atoms with van der Waals surface area (Å²) in [7, 11) is 1.78. The van der Waals surface area contributed by atoms with E-state index in [2.05, 4.69) is 50.5 Å². The third-order valence-corrected chi connectivity index (χ3v) is 5.65. The van der Waals surface area contributed by atoms with E-state index in [9.17, 15) is 0 Å². The molecule has 0 radical (unpaired) electrons. The molecule has 1 saturated heterocycles. The van der Waals surface area contributed by atoms with Crippen LogP contribution in [0.15, 0.2) is 39.8 Å². The molecule has 164 valence electrons. The second-order valence-electron chi connectivity index (χ2n) is 7.86. The molecule has 0 amide bonds. The lowest BCUT2D eigenvalue weighted by Crippen LogP contribution is -2.47. The zero-order valence-electron chi connectivity index (χ0n) is 18.2. The number of para-hydroxylation sites is 1. The molecule has 1 fully saturated rings. The van der Waals surface area contributed by atoms with E-state index in [1.165, 1.54) is 0 Å². The van der Waals surface area contributed by atoms with Crippen LogP contribution in [-0.2, 0) is 6.54 Å². The molecule has 0 bridgehead atoms. The van der Waals surface area contributed by atoms with E-state index in [1.807, 2.05) is 24.3 Å². The van der Waals surface area contributed by atoms with Crippen LogP contribution in [-0.4, -0.2) is 62.3 Å². The van der Waals surface area contributed by atoms with Gasteiger partial charge in [0.05, 0.1) is 22.9 Å². The summed E-state index contributed by atoms with van der Waals surface area (Å²) in [6.45, 7) is 10.9. The summed E-state index contributed by atoms with van der Waals surface area (Å²) in [6.07, 6.45) is 1.06. The van der Waals surface area contributed by atoms with Gasteiger partial charge in [-0.2, -0.15) is 0 Å². The number of hydrogen-bond donors (Lipinski definition) is 2. The molecule has 0 saturated carbocycles. The normalized spacial score (nSPS) is 15.6. The highest BCUT2D eigenvalue weighted by Crippen LogP contribution is 2.25. The van der Waals surface area contributed by atoms with E-state index >= 15 is 0 Å². The Morgan fingerprint density at radius 2 is 1.97 bits per heavy atom. The van der Waals surface area contributed by atoms with Crippen LogP contribution in [0.2, 0.25) is 5.02 Å². The molecule has 0 spiro atoms. The lowest BCUT2D eigenvalue weighted by Gasteiger charge is -2.36. The van der Waals surface area contributed by atoms with Crippen molar-refractivity contribution >= 4 is 23.2 Å². The first-order valence-electron chi connectivity index (χ1n) is 10.7. The van der Waals surface area contributed by atoms with Gasteiger partial charge in [-0.1, -0.05) is 42.7 Å². The number of aliphatic imine (C=N–C) groups is 1. The standard InChI is InChI=1S/C22H33ClN6O/c1-17(2)20-15-18(30-27-20)16-26-22(24-3)25-9-6-10-28-11-13-29(14-12-28)21-8-5-4-7-19(21)23/h4-5,7-8,15,17H,6,9-14,16H2,1-3H3,(H2,24,25,26). The Morgan fingerprint density at radius 3 is 2.63 bits per heavy atom. The first kappa shape index (κ1) is 22.4. The lowest BCUT2D eigenvalue weighted by atomic mass is 10.1. The smallest absolute Gasteiger partial charge is 0.191 e. The van der Waals surface area contributed by atoms with Crippen molar-refractivity contribution in [1.29, 1.82) is 0 Å². The fraction of sp³-hybridized carbons (Fsp3) is 0.545. The van der Waals surface area contributed by atoms with Gasteiger partial charge in [0.15, 0.2) is 11.7 Å². The van der Waals surface area contributed by atoms with Gasteiger partial charge in [-0.05, 0) is 31.0 Å². The van der Waals surface area contributed by atoms with Crippen molar-refractivity contribution in [2.24, 2.45) is 4.99 Å². The number of anilines is 1.